The summed E-state index contributed by atoms with van der Waals surface area (Å²) in [6, 6.07) is 0. The fourth-order valence-electron chi connectivity index (χ4n) is 4.38. The molecule has 0 bridgehead atoms. The van der Waals surface area contributed by atoms with Crippen molar-refractivity contribution in [2.24, 2.45) is 11.3 Å². The van der Waals surface area contributed by atoms with Crippen LogP contribution in [0.5, 0.6) is 0 Å². The van der Waals surface area contributed by atoms with Gasteiger partial charge >= 0.3 is 5.97 Å². The third kappa shape index (κ3) is 1.43. The Labute approximate surface area is 109 Å². The highest BCUT2D eigenvalue weighted by molar-refractivity contribution is 5.83. The number of methoxy groups -OCH3 is 1. The second-order valence-corrected chi connectivity index (χ2v) is 6.39. The molecular weight excluding hydrogens is 228 g/mol. The third-order valence-corrected chi connectivity index (χ3v) is 5.49. The van der Waals surface area contributed by atoms with Gasteiger partial charge in [0.05, 0.1) is 7.11 Å². The summed E-state index contributed by atoms with van der Waals surface area (Å²) in [4.78, 5) is 11.4. The summed E-state index contributed by atoms with van der Waals surface area (Å²) in [5.74, 6) is 0.352. The third-order valence-electron chi connectivity index (χ3n) is 5.49. The van der Waals surface area contributed by atoms with Gasteiger partial charge in [-0.05, 0) is 37.2 Å². The van der Waals surface area contributed by atoms with E-state index in [2.05, 4.69) is 13.8 Å². The van der Waals surface area contributed by atoms with E-state index in [9.17, 15) is 4.79 Å². The molecule has 100 valence electrons. The van der Waals surface area contributed by atoms with Crippen molar-refractivity contribution in [2.75, 3.05) is 7.11 Å². The van der Waals surface area contributed by atoms with Crippen LogP contribution in [-0.2, 0) is 14.3 Å². The SMILES string of the molecule is COC(=O)/C=C1\CC[C@]2(C)CCC[C@H](C)[C@@]23O[C@@H]13. The quantitative estimate of drug-likeness (QED) is 0.408. The molecule has 0 aromatic rings. The second-order valence-electron chi connectivity index (χ2n) is 6.39. The van der Waals surface area contributed by atoms with Crippen LogP contribution in [0, 0.1) is 11.3 Å². The van der Waals surface area contributed by atoms with Gasteiger partial charge in [-0.1, -0.05) is 20.3 Å². The Morgan fingerprint density at radius 3 is 3.00 bits per heavy atom. The molecule has 3 nitrogen and oxygen atoms in total. The van der Waals surface area contributed by atoms with Crippen molar-refractivity contribution in [1.29, 1.82) is 0 Å². The summed E-state index contributed by atoms with van der Waals surface area (Å²) in [6.45, 7) is 4.68. The number of epoxide rings is 1. The van der Waals surface area contributed by atoms with Gasteiger partial charge in [-0.3, -0.25) is 0 Å². The van der Waals surface area contributed by atoms with E-state index in [1.165, 1.54) is 26.4 Å². The molecule has 0 amide bonds. The largest absolute Gasteiger partial charge is 0.466 e. The van der Waals surface area contributed by atoms with Gasteiger partial charge in [-0.15, -0.1) is 0 Å². The maximum Gasteiger partial charge on any atom is 0.330 e. The maximum absolute atomic E-state index is 11.4. The number of rotatable bonds is 1. The van der Waals surface area contributed by atoms with Gasteiger partial charge in [0.15, 0.2) is 0 Å². The first-order chi connectivity index (χ1) is 8.53. The van der Waals surface area contributed by atoms with Crippen LogP contribution >= 0.6 is 0 Å². The Hall–Kier alpha value is -0.830. The Morgan fingerprint density at radius 1 is 1.50 bits per heavy atom. The van der Waals surface area contributed by atoms with Crippen molar-refractivity contribution in [2.45, 2.75) is 57.7 Å². The predicted molar refractivity (Wildman–Crippen MR) is 68.1 cm³/mol. The molecule has 1 aliphatic heterocycles. The molecule has 0 aromatic heterocycles. The highest BCUT2D eigenvalue weighted by atomic mass is 16.6. The Balaban J connectivity index is 1.90. The van der Waals surface area contributed by atoms with Crippen LogP contribution in [0.3, 0.4) is 0 Å². The molecule has 2 aliphatic carbocycles. The second kappa shape index (κ2) is 3.83. The van der Waals surface area contributed by atoms with E-state index in [-0.39, 0.29) is 17.7 Å². The van der Waals surface area contributed by atoms with Crippen molar-refractivity contribution < 1.29 is 14.3 Å². The lowest BCUT2D eigenvalue weighted by molar-refractivity contribution is -0.134. The maximum atomic E-state index is 11.4. The molecule has 3 rings (SSSR count). The van der Waals surface area contributed by atoms with Crippen LogP contribution in [-0.4, -0.2) is 24.8 Å². The Bertz CT molecular complexity index is 414. The molecule has 3 heteroatoms. The fraction of sp³-hybridized carbons (Fsp3) is 0.800. The van der Waals surface area contributed by atoms with E-state index < -0.39 is 0 Å². The lowest BCUT2D eigenvalue weighted by Gasteiger charge is -2.46. The smallest absolute Gasteiger partial charge is 0.330 e. The first-order valence-corrected chi connectivity index (χ1v) is 7.00. The molecule has 3 aliphatic rings. The van der Waals surface area contributed by atoms with Crippen molar-refractivity contribution in [1.82, 2.24) is 0 Å². The molecule has 1 heterocycles. The fourth-order valence-corrected chi connectivity index (χ4v) is 4.38. The molecule has 18 heavy (non-hydrogen) atoms. The zero-order valence-electron chi connectivity index (χ0n) is 11.5. The summed E-state index contributed by atoms with van der Waals surface area (Å²) in [6.07, 6.45) is 7.76. The minimum atomic E-state index is -0.247. The van der Waals surface area contributed by atoms with Crippen LogP contribution in [0.25, 0.3) is 0 Å². The molecule has 1 saturated heterocycles. The Kier molecular flexibility index (Phi) is 2.60. The monoisotopic (exact) mass is 250 g/mol. The molecule has 0 aromatic carbocycles. The van der Waals surface area contributed by atoms with Crippen LogP contribution in [0.1, 0.15) is 46.0 Å². The standard InChI is InChI=1S/C15H22O3/c1-10-5-4-7-14(2)8-6-11(9-12(16)17-3)13-15(10,14)18-13/h9-10,13H,4-8H2,1-3H3/b11-9+/t10-,13-,14-,15-/m0/s1. The van der Waals surface area contributed by atoms with Gasteiger partial charge < -0.3 is 9.47 Å². The van der Waals surface area contributed by atoms with E-state index in [1.54, 1.807) is 6.08 Å². The van der Waals surface area contributed by atoms with Crippen molar-refractivity contribution in [3.8, 4) is 0 Å². The van der Waals surface area contributed by atoms with Gasteiger partial charge in [-0.25, -0.2) is 4.79 Å². The van der Waals surface area contributed by atoms with Crippen molar-refractivity contribution in [3.63, 3.8) is 0 Å². The summed E-state index contributed by atoms with van der Waals surface area (Å²) in [5.41, 5.74) is 1.47. The van der Waals surface area contributed by atoms with E-state index in [4.69, 9.17) is 9.47 Å². The lowest BCUT2D eigenvalue weighted by Crippen LogP contribution is -2.48. The summed E-state index contributed by atoms with van der Waals surface area (Å²) < 4.78 is 10.9. The summed E-state index contributed by atoms with van der Waals surface area (Å²) >= 11 is 0. The van der Waals surface area contributed by atoms with Crippen LogP contribution in [0.4, 0.5) is 0 Å². The lowest BCUT2D eigenvalue weighted by atomic mass is 9.56. The molecule has 1 spiro atoms. The number of esters is 1. The van der Waals surface area contributed by atoms with Crippen LogP contribution in [0.15, 0.2) is 11.6 Å². The van der Waals surface area contributed by atoms with Gasteiger partial charge in [-0.2, -0.15) is 0 Å². The zero-order chi connectivity index (χ0) is 13.0. The molecule has 4 atom stereocenters. The van der Waals surface area contributed by atoms with Crippen molar-refractivity contribution >= 4 is 5.97 Å². The number of hydrogen-bond donors (Lipinski definition) is 0. The highest BCUT2D eigenvalue weighted by Gasteiger charge is 2.72. The summed E-state index contributed by atoms with van der Waals surface area (Å²) in [7, 11) is 1.43. The van der Waals surface area contributed by atoms with E-state index in [1.807, 2.05) is 0 Å². The minimum Gasteiger partial charge on any atom is -0.466 e. The van der Waals surface area contributed by atoms with E-state index >= 15 is 0 Å². The van der Waals surface area contributed by atoms with Crippen molar-refractivity contribution in [3.05, 3.63) is 11.6 Å². The molecular formula is C15H22O3. The van der Waals surface area contributed by atoms with Gasteiger partial charge in [0.25, 0.3) is 0 Å². The van der Waals surface area contributed by atoms with Crippen LogP contribution < -0.4 is 0 Å². The number of hydrogen-bond acceptors (Lipinski definition) is 3. The van der Waals surface area contributed by atoms with Gasteiger partial charge in [0, 0.05) is 11.5 Å². The average Bonchev–Trinajstić information content (AvgIpc) is 3.09. The van der Waals surface area contributed by atoms with E-state index in [0.29, 0.717) is 11.3 Å². The predicted octanol–water partition coefficient (Wildman–Crippen LogP) is 2.84. The summed E-state index contributed by atoms with van der Waals surface area (Å²) in [5, 5.41) is 0. The number of carbonyl (C=O) groups excluding carboxylic acids is 1. The first kappa shape index (κ1) is 12.2. The van der Waals surface area contributed by atoms with Gasteiger partial charge in [0.2, 0.25) is 0 Å². The molecule has 2 saturated carbocycles. The Morgan fingerprint density at radius 2 is 2.28 bits per heavy atom. The average molecular weight is 250 g/mol. The van der Waals surface area contributed by atoms with Crippen LogP contribution in [0.2, 0.25) is 0 Å². The first-order valence-electron chi connectivity index (χ1n) is 7.00. The number of ether oxygens (including phenoxy) is 2. The molecule has 0 radical (unpaired) electrons. The topological polar surface area (TPSA) is 38.8 Å². The van der Waals surface area contributed by atoms with E-state index in [0.717, 1.165) is 18.4 Å². The minimum absolute atomic E-state index is 0.0172. The number of carbonyl (C=O) groups is 1. The van der Waals surface area contributed by atoms with Gasteiger partial charge in [0.1, 0.15) is 11.7 Å². The molecule has 3 fully saturated rings. The normalized spacial score (nSPS) is 48.3. The highest BCUT2D eigenvalue weighted by Crippen LogP contribution is 2.67. The molecule has 0 unspecified atom stereocenters. The zero-order valence-corrected chi connectivity index (χ0v) is 11.5. The molecule has 0 N–H and O–H groups in total.